The van der Waals surface area contributed by atoms with E-state index >= 15 is 0 Å². The largest absolute Gasteiger partial charge is 0.353 e. The zero-order valence-corrected chi connectivity index (χ0v) is 13.4. The van der Waals surface area contributed by atoms with Gasteiger partial charge in [0.2, 0.25) is 11.8 Å². The van der Waals surface area contributed by atoms with Crippen molar-refractivity contribution in [2.24, 2.45) is 0 Å². The van der Waals surface area contributed by atoms with Gasteiger partial charge in [-0.1, -0.05) is 19.0 Å². The highest BCUT2D eigenvalue weighted by Crippen LogP contribution is 2.13. The predicted molar refractivity (Wildman–Crippen MR) is 80.6 cm³/mol. The van der Waals surface area contributed by atoms with Crippen LogP contribution in [-0.2, 0) is 11.3 Å². The van der Waals surface area contributed by atoms with Gasteiger partial charge in [0.15, 0.2) is 5.82 Å². The summed E-state index contributed by atoms with van der Waals surface area (Å²) in [6.07, 6.45) is 0. The Morgan fingerprint density at radius 1 is 1.43 bits per heavy atom. The van der Waals surface area contributed by atoms with Gasteiger partial charge < -0.3 is 20.1 Å². The van der Waals surface area contributed by atoms with Crippen LogP contribution in [-0.4, -0.2) is 70.6 Å². The molecular formula is C14H22N6O3. The number of amides is 3. The Kier molecular flexibility index (Phi) is 4.46. The fourth-order valence-electron chi connectivity index (χ4n) is 2.80. The quantitative estimate of drug-likeness (QED) is 0.779. The van der Waals surface area contributed by atoms with E-state index in [9.17, 15) is 9.59 Å². The first-order valence-electron chi connectivity index (χ1n) is 7.91. The Bertz CT molecular complexity index is 587. The summed E-state index contributed by atoms with van der Waals surface area (Å²) in [7, 11) is 0. The van der Waals surface area contributed by atoms with Crippen molar-refractivity contribution in [2.45, 2.75) is 32.4 Å². The van der Waals surface area contributed by atoms with Crippen LogP contribution in [0.5, 0.6) is 0 Å². The van der Waals surface area contributed by atoms with Gasteiger partial charge in [0.1, 0.15) is 6.04 Å². The highest BCUT2D eigenvalue weighted by Gasteiger charge is 2.36. The molecule has 2 N–H and O–H groups in total. The summed E-state index contributed by atoms with van der Waals surface area (Å²) in [6.45, 7) is 7.39. The molecule has 3 heterocycles. The zero-order valence-electron chi connectivity index (χ0n) is 13.4. The summed E-state index contributed by atoms with van der Waals surface area (Å²) in [5, 5.41) is 9.46. The number of piperazine rings is 2. The third-order valence-electron chi connectivity index (χ3n) is 4.15. The van der Waals surface area contributed by atoms with E-state index in [1.54, 1.807) is 4.90 Å². The van der Waals surface area contributed by atoms with Crippen LogP contribution >= 0.6 is 0 Å². The average Bonchev–Trinajstić information content (AvgIpc) is 3.02. The van der Waals surface area contributed by atoms with Crippen LogP contribution in [0, 0.1) is 0 Å². The van der Waals surface area contributed by atoms with Gasteiger partial charge in [0.05, 0.1) is 6.54 Å². The van der Waals surface area contributed by atoms with Crippen molar-refractivity contribution in [3.8, 4) is 0 Å². The topological polar surface area (TPSA) is 104 Å². The van der Waals surface area contributed by atoms with Crippen LogP contribution in [0.3, 0.4) is 0 Å². The van der Waals surface area contributed by atoms with E-state index in [-0.39, 0.29) is 30.4 Å². The van der Waals surface area contributed by atoms with E-state index < -0.39 is 0 Å². The Balaban J connectivity index is 1.53. The monoisotopic (exact) mass is 322 g/mol. The van der Waals surface area contributed by atoms with Crippen molar-refractivity contribution in [1.82, 2.24) is 30.6 Å². The molecular weight excluding hydrogens is 300 g/mol. The summed E-state index contributed by atoms with van der Waals surface area (Å²) in [5.41, 5.74) is 0. The number of carbonyl (C=O) groups excluding carboxylic acids is 2. The zero-order chi connectivity index (χ0) is 16.4. The average molecular weight is 322 g/mol. The van der Waals surface area contributed by atoms with Crippen molar-refractivity contribution in [3.63, 3.8) is 0 Å². The molecule has 126 valence electrons. The van der Waals surface area contributed by atoms with E-state index in [1.807, 2.05) is 13.8 Å². The lowest BCUT2D eigenvalue weighted by Gasteiger charge is -2.42. The van der Waals surface area contributed by atoms with Crippen LogP contribution in [0.1, 0.15) is 31.5 Å². The molecule has 1 atom stereocenters. The highest BCUT2D eigenvalue weighted by molar-refractivity contribution is 5.84. The second-order valence-electron chi connectivity index (χ2n) is 6.15. The second-order valence-corrected chi connectivity index (χ2v) is 6.15. The molecule has 0 spiro atoms. The molecule has 9 nitrogen and oxygen atoms in total. The number of hydrogen-bond acceptors (Lipinski definition) is 6. The molecule has 0 aromatic carbocycles. The van der Waals surface area contributed by atoms with Gasteiger partial charge in [-0.05, 0) is 0 Å². The van der Waals surface area contributed by atoms with Crippen molar-refractivity contribution in [2.75, 3.05) is 32.7 Å². The molecule has 9 heteroatoms. The number of nitrogens with zero attached hydrogens (tertiary/aromatic N) is 4. The molecule has 2 aliphatic heterocycles. The second kappa shape index (κ2) is 6.53. The lowest BCUT2D eigenvalue weighted by molar-refractivity contribution is -0.131. The smallest absolute Gasteiger partial charge is 0.317 e. The molecule has 0 radical (unpaired) electrons. The molecule has 1 aromatic rings. The Morgan fingerprint density at radius 3 is 3.00 bits per heavy atom. The lowest BCUT2D eigenvalue weighted by atomic mass is 10.1. The highest BCUT2D eigenvalue weighted by atomic mass is 16.5. The SMILES string of the molecule is CC(C)c1nc(CNC(=O)N2CCN3CCNC(=O)[C@@H]3C2)no1. The maximum Gasteiger partial charge on any atom is 0.317 e. The van der Waals surface area contributed by atoms with Crippen LogP contribution in [0.4, 0.5) is 4.79 Å². The van der Waals surface area contributed by atoms with Gasteiger partial charge in [-0.2, -0.15) is 4.98 Å². The van der Waals surface area contributed by atoms with Crippen molar-refractivity contribution >= 4 is 11.9 Å². The van der Waals surface area contributed by atoms with Gasteiger partial charge in [-0.25, -0.2) is 4.79 Å². The number of urea groups is 1. The minimum atomic E-state index is -0.249. The Morgan fingerprint density at radius 2 is 2.26 bits per heavy atom. The molecule has 0 saturated carbocycles. The van der Waals surface area contributed by atoms with Gasteiger partial charge in [-0.15, -0.1) is 0 Å². The van der Waals surface area contributed by atoms with Crippen molar-refractivity contribution in [3.05, 3.63) is 11.7 Å². The fraction of sp³-hybridized carbons (Fsp3) is 0.714. The van der Waals surface area contributed by atoms with Gasteiger partial charge in [0, 0.05) is 38.6 Å². The molecule has 0 bridgehead atoms. The van der Waals surface area contributed by atoms with E-state index in [0.29, 0.717) is 37.9 Å². The molecule has 2 fully saturated rings. The molecule has 23 heavy (non-hydrogen) atoms. The van der Waals surface area contributed by atoms with E-state index in [0.717, 1.165) is 6.54 Å². The number of nitrogens with one attached hydrogen (secondary N) is 2. The minimum absolute atomic E-state index is 0.00602. The molecule has 2 aliphatic rings. The summed E-state index contributed by atoms with van der Waals surface area (Å²) < 4.78 is 5.10. The van der Waals surface area contributed by atoms with E-state index in [4.69, 9.17) is 4.52 Å². The lowest BCUT2D eigenvalue weighted by Crippen LogP contribution is -2.65. The van der Waals surface area contributed by atoms with Gasteiger partial charge in [0.25, 0.3) is 0 Å². The number of carbonyl (C=O) groups is 2. The predicted octanol–water partition coefficient (Wildman–Crippen LogP) is -0.481. The summed E-state index contributed by atoms with van der Waals surface area (Å²) in [5.74, 6) is 1.16. The van der Waals surface area contributed by atoms with Gasteiger partial charge in [-0.3, -0.25) is 9.69 Å². The standard InChI is InChI=1S/C14H22N6O3/c1-9(2)13-17-11(18-23-13)7-16-14(22)20-6-5-19-4-3-15-12(21)10(19)8-20/h9-10H,3-8H2,1-2H3,(H,15,21)(H,16,22)/t10-/m0/s1. The Hall–Kier alpha value is -2.16. The van der Waals surface area contributed by atoms with E-state index in [2.05, 4.69) is 25.7 Å². The van der Waals surface area contributed by atoms with Crippen molar-refractivity contribution < 1.29 is 14.1 Å². The maximum absolute atomic E-state index is 12.3. The minimum Gasteiger partial charge on any atom is -0.353 e. The molecule has 0 aliphatic carbocycles. The Labute approximate surface area is 134 Å². The number of fused-ring (bicyclic) bond motifs is 1. The maximum atomic E-state index is 12.3. The van der Waals surface area contributed by atoms with Crippen LogP contribution < -0.4 is 10.6 Å². The summed E-state index contributed by atoms with van der Waals surface area (Å²) in [6, 6.07) is -0.458. The first-order chi connectivity index (χ1) is 11.0. The first-order valence-corrected chi connectivity index (χ1v) is 7.91. The third kappa shape index (κ3) is 3.44. The first kappa shape index (κ1) is 15.7. The molecule has 3 rings (SSSR count). The molecule has 0 unspecified atom stereocenters. The summed E-state index contributed by atoms with van der Waals surface area (Å²) in [4.78, 5) is 32.2. The number of rotatable bonds is 3. The van der Waals surface area contributed by atoms with Gasteiger partial charge >= 0.3 is 6.03 Å². The molecule has 2 saturated heterocycles. The molecule has 1 aromatic heterocycles. The normalized spacial score (nSPS) is 22.0. The van der Waals surface area contributed by atoms with E-state index in [1.165, 1.54) is 0 Å². The van der Waals surface area contributed by atoms with Crippen LogP contribution in [0.25, 0.3) is 0 Å². The fourth-order valence-corrected chi connectivity index (χ4v) is 2.80. The van der Waals surface area contributed by atoms with Crippen LogP contribution in [0.2, 0.25) is 0 Å². The number of aromatic nitrogens is 2. The van der Waals surface area contributed by atoms with Crippen molar-refractivity contribution in [1.29, 1.82) is 0 Å². The molecule has 3 amide bonds. The summed E-state index contributed by atoms with van der Waals surface area (Å²) >= 11 is 0. The third-order valence-corrected chi connectivity index (χ3v) is 4.15. The van der Waals surface area contributed by atoms with Crippen LogP contribution in [0.15, 0.2) is 4.52 Å². The number of hydrogen-bond donors (Lipinski definition) is 2.